The van der Waals surface area contributed by atoms with Gasteiger partial charge in [0.25, 0.3) is 0 Å². The Hall–Kier alpha value is -0.580. The molecule has 3 heteroatoms. The molecule has 0 heterocycles. The summed E-state index contributed by atoms with van der Waals surface area (Å²) >= 11 is 1.79. The molecule has 0 aliphatic carbocycles. The fraction of sp³-hybridized carbons (Fsp3) is 0. The Morgan fingerprint density at radius 2 is 1.90 bits per heavy atom. The molecular weight excluding hydrogens is 243 g/mol. The quantitative estimate of drug-likeness (QED) is 0.592. The van der Waals surface area contributed by atoms with Crippen molar-refractivity contribution in [3.63, 3.8) is 0 Å². The molecular formula is C7H5IO2. The van der Waals surface area contributed by atoms with Crippen molar-refractivity contribution in [3.05, 3.63) is 29.8 Å². The first-order valence-corrected chi connectivity index (χ1v) is 3.58. The number of halogens is 1. The summed E-state index contributed by atoms with van der Waals surface area (Å²) in [6.45, 7) is 0. The maximum absolute atomic E-state index is 10.2. The molecule has 1 rings (SSSR count). The molecule has 0 saturated heterocycles. The molecule has 0 aliphatic heterocycles. The van der Waals surface area contributed by atoms with E-state index in [9.17, 15) is 4.79 Å². The Kier molecular flexibility index (Phi) is 2.68. The van der Waals surface area contributed by atoms with Crippen LogP contribution in [0.4, 0.5) is 0 Å². The third-order valence-electron chi connectivity index (χ3n) is 1.11. The summed E-state index contributed by atoms with van der Waals surface area (Å²) in [5.41, 5.74) is 0.664. The average Bonchev–Trinajstić information content (AvgIpc) is 2.05. The zero-order chi connectivity index (χ0) is 7.40. The van der Waals surface area contributed by atoms with Gasteiger partial charge in [-0.3, -0.25) is 4.79 Å². The lowest BCUT2D eigenvalue weighted by Gasteiger charge is -1.94. The summed E-state index contributed by atoms with van der Waals surface area (Å²) in [6, 6.07) is 6.91. The largest absolute Gasteiger partial charge is 0.428 e. The monoisotopic (exact) mass is 248 g/mol. The predicted octanol–water partition coefficient (Wildman–Crippen LogP) is 2.23. The van der Waals surface area contributed by atoms with Crippen molar-refractivity contribution in [2.45, 2.75) is 0 Å². The van der Waals surface area contributed by atoms with E-state index in [0.717, 1.165) is 12.0 Å². The van der Waals surface area contributed by atoms with Crippen LogP contribution in [0.3, 0.4) is 0 Å². The number of hydrogen-bond donors (Lipinski definition) is 0. The van der Waals surface area contributed by atoms with Crippen LogP contribution in [0.25, 0.3) is 0 Å². The molecule has 0 atom stereocenters. The van der Waals surface area contributed by atoms with E-state index in [1.165, 1.54) is 0 Å². The summed E-state index contributed by atoms with van der Waals surface area (Å²) in [5.74, 6) is 0.756. The Bertz CT molecular complexity index is 218. The van der Waals surface area contributed by atoms with Gasteiger partial charge < -0.3 is 3.07 Å². The van der Waals surface area contributed by atoms with Gasteiger partial charge in [0.1, 0.15) is 12.0 Å². The predicted molar refractivity (Wildman–Crippen MR) is 46.5 cm³/mol. The lowest BCUT2D eigenvalue weighted by molar-refractivity contribution is 0.112. The van der Waals surface area contributed by atoms with E-state index in [0.29, 0.717) is 5.56 Å². The number of aldehydes is 1. The van der Waals surface area contributed by atoms with Gasteiger partial charge in [0, 0.05) is 5.56 Å². The van der Waals surface area contributed by atoms with Gasteiger partial charge in [-0.25, -0.2) is 0 Å². The number of benzene rings is 1. The molecule has 2 nitrogen and oxygen atoms in total. The summed E-state index contributed by atoms with van der Waals surface area (Å²) in [5, 5.41) is 0. The standard InChI is InChI=1S/C7H5IO2/c8-10-7-3-1-6(5-9)2-4-7/h1-5H. The minimum absolute atomic E-state index is 0.664. The molecule has 0 fully saturated rings. The molecule has 10 heavy (non-hydrogen) atoms. The van der Waals surface area contributed by atoms with E-state index in [1.807, 2.05) is 0 Å². The van der Waals surface area contributed by atoms with Gasteiger partial charge in [-0.05, 0) is 24.3 Å². The van der Waals surface area contributed by atoms with E-state index in [-0.39, 0.29) is 0 Å². The van der Waals surface area contributed by atoms with Gasteiger partial charge in [-0.2, -0.15) is 0 Å². The van der Waals surface area contributed by atoms with Gasteiger partial charge in [0.15, 0.2) is 23.0 Å². The summed E-state index contributed by atoms with van der Waals surface area (Å²) in [7, 11) is 0. The molecule has 0 bridgehead atoms. The molecule has 0 amide bonds. The Labute approximate surface area is 72.9 Å². The van der Waals surface area contributed by atoms with Crippen LogP contribution >= 0.6 is 23.0 Å². The fourth-order valence-electron chi connectivity index (χ4n) is 0.598. The highest BCUT2D eigenvalue weighted by atomic mass is 127. The van der Waals surface area contributed by atoms with Crippen molar-refractivity contribution >= 4 is 29.3 Å². The Morgan fingerprint density at radius 1 is 1.30 bits per heavy atom. The number of rotatable bonds is 2. The summed E-state index contributed by atoms with van der Waals surface area (Å²) < 4.78 is 4.87. The number of hydrogen-bond acceptors (Lipinski definition) is 2. The second-order valence-corrected chi connectivity index (χ2v) is 2.20. The number of carbonyl (C=O) groups excluding carboxylic acids is 1. The van der Waals surface area contributed by atoms with Crippen LogP contribution in [-0.2, 0) is 0 Å². The van der Waals surface area contributed by atoms with E-state index in [2.05, 4.69) is 0 Å². The van der Waals surface area contributed by atoms with Crippen molar-refractivity contribution < 1.29 is 7.86 Å². The molecule has 0 unspecified atom stereocenters. The van der Waals surface area contributed by atoms with Gasteiger partial charge in [0.2, 0.25) is 0 Å². The van der Waals surface area contributed by atoms with Crippen LogP contribution < -0.4 is 3.07 Å². The highest BCUT2D eigenvalue weighted by Crippen LogP contribution is 2.12. The van der Waals surface area contributed by atoms with E-state index >= 15 is 0 Å². The molecule has 1 aromatic carbocycles. The highest BCUT2D eigenvalue weighted by molar-refractivity contribution is 14.1. The molecule has 0 spiro atoms. The third kappa shape index (κ3) is 1.70. The van der Waals surface area contributed by atoms with Gasteiger partial charge in [-0.1, -0.05) is 0 Å². The van der Waals surface area contributed by atoms with Crippen molar-refractivity contribution in [1.29, 1.82) is 0 Å². The molecule has 0 radical (unpaired) electrons. The lowest BCUT2D eigenvalue weighted by Crippen LogP contribution is -1.78. The SMILES string of the molecule is O=Cc1ccc(OI)cc1. The first kappa shape index (κ1) is 7.53. The van der Waals surface area contributed by atoms with Crippen LogP contribution in [0, 0.1) is 0 Å². The van der Waals surface area contributed by atoms with Crippen LogP contribution in [0.2, 0.25) is 0 Å². The Morgan fingerprint density at radius 3 is 2.30 bits per heavy atom. The average molecular weight is 248 g/mol. The highest BCUT2D eigenvalue weighted by Gasteiger charge is 1.90. The van der Waals surface area contributed by atoms with Crippen molar-refractivity contribution in [2.75, 3.05) is 0 Å². The molecule has 0 saturated carbocycles. The normalized spacial score (nSPS) is 8.90. The van der Waals surface area contributed by atoms with Crippen molar-refractivity contribution in [3.8, 4) is 5.75 Å². The summed E-state index contributed by atoms with van der Waals surface area (Å²) in [6.07, 6.45) is 0.803. The molecule has 52 valence electrons. The number of carbonyl (C=O) groups is 1. The maximum Gasteiger partial charge on any atom is 0.192 e. The molecule has 0 N–H and O–H groups in total. The second-order valence-electron chi connectivity index (χ2n) is 1.76. The third-order valence-corrected chi connectivity index (χ3v) is 1.61. The van der Waals surface area contributed by atoms with Gasteiger partial charge in [-0.15, -0.1) is 0 Å². The molecule has 1 aromatic rings. The smallest absolute Gasteiger partial charge is 0.192 e. The van der Waals surface area contributed by atoms with Gasteiger partial charge >= 0.3 is 0 Å². The zero-order valence-corrected chi connectivity index (χ0v) is 7.24. The topological polar surface area (TPSA) is 26.3 Å². The first-order chi connectivity index (χ1) is 4.86. The van der Waals surface area contributed by atoms with Gasteiger partial charge in [0.05, 0.1) is 0 Å². The van der Waals surface area contributed by atoms with Crippen LogP contribution in [0.15, 0.2) is 24.3 Å². The van der Waals surface area contributed by atoms with Crippen molar-refractivity contribution in [1.82, 2.24) is 0 Å². The Balaban J connectivity index is 2.90. The second kappa shape index (κ2) is 3.55. The minimum atomic E-state index is 0.664. The maximum atomic E-state index is 10.2. The first-order valence-electron chi connectivity index (χ1n) is 2.70. The van der Waals surface area contributed by atoms with Crippen LogP contribution in [0.1, 0.15) is 10.4 Å². The van der Waals surface area contributed by atoms with Crippen molar-refractivity contribution in [2.24, 2.45) is 0 Å². The van der Waals surface area contributed by atoms with Crippen LogP contribution in [0.5, 0.6) is 5.75 Å². The zero-order valence-electron chi connectivity index (χ0n) is 5.08. The molecule has 0 aromatic heterocycles. The summed E-state index contributed by atoms with van der Waals surface area (Å²) in [4.78, 5) is 10.2. The molecule has 0 aliphatic rings. The minimum Gasteiger partial charge on any atom is -0.428 e. The van der Waals surface area contributed by atoms with E-state index in [1.54, 1.807) is 47.3 Å². The fourth-order valence-corrected chi connectivity index (χ4v) is 0.891. The lowest BCUT2D eigenvalue weighted by atomic mass is 10.2. The van der Waals surface area contributed by atoms with Crippen LogP contribution in [-0.4, -0.2) is 6.29 Å². The van der Waals surface area contributed by atoms with E-state index < -0.39 is 0 Å². The van der Waals surface area contributed by atoms with E-state index in [4.69, 9.17) is 3.07 Å².